The molecule has 0 spiro atoms. The van der Waals surface area contributed by atoms with Crippen LogP contribution in [0.1, 0.15) is 11.4 Å². The number of hydrogen-bond donors (Lipinski definition) is 0. The van der Waals surface area contributed by atoms with Gasteiger partial charge in [0.05, 0.1) is 0 Å². The maximum atomic E-state index is 11.3. The van der Waals surface area contributed by atoms with E-state index < -0.39 is 9.84 Å². The van der Waals surface area contributed by atoms with Gasteiger partial charge < -0.3 is 0 Å². The fourth-order valence-electron chi connectivity index (χ4n) is 1.45. The molecule has 1 heterocycles. The molecule has 0 fully saturated rings. The van der Waals surface area contributed by atoms with E-state index in [9.17, 15) is 8.42 Å². The molecule has 1 aromatic heterocycles. The first-order valence-corrected chi connectivity index (χ1v) is 7.01. The van der Waals surface area contributed by atoms with Gasteiger partial charge in [0, 0.05) is 18.9 Å². The summed E-state index contributed by atoms with van der Waals surface area (Å²) in [6.07, 6.45) is 3.15. The average Bonchev–Trinajstić information content (AvgIpc) is 2.29. The SMILES string of the molecule is CS(=O)(=O)c1ccnc(Cc2ccccc2)n1. The second kappa shape index (κ2) is 4.63. The quantitative estimate of drug-likeness (QED) is 0.772. The number of rotatable bonds is 3. The lowest BCUT2D eigenvalue weighted by atomic mass is 10.1. The maximum Gasteiger partial charge on any atom is 0.192 e. The van der Waals surface area contributed by atoms with Crippen LogP contribution in [-0.4, -0.2) is 24.6 Å². The van der Waals surface area contributed by atoms with Crippen LogP contribution in [-0.2, 0) is 16.3 Å². The summed E-state index contributed by atoms with van der Waals surface area (Å²) in [7, 11) is -3.27. The summed E-state index contributed by atoms with van der Waals surface area (Å²) in [5, 5.41) is 0.0680. The van der Waals surface area contributed by atoms with E-state index in [2.05, 4.69) is 9.97 Å². The van der Waals surface area contributed by atoms with E-state index in [1.807, 2.05) is 30.3 Å². The molecule has 5 heteroatoms. The summed E-state index contributed by atoms with van der Waals surface area (Å²) in [5.74, 6) is 0.513. The Balaban J connectivity index is 2.29. The van der Waals surface area contributed by atoms with Crippen LogP contribution >= 0.6 is 0 Å². The van der Waals surface area contributed by atoms with Gasteiger partial charge in [0.1, 0.15) is 5.82 Å². The summed E-state index contributed by atoms with van der Waals surface area (Å²) < 4.78 is 22.7. The van der Waals surface area contributed by atoms with Crippen molar-refractivity contribution in [3.63, 3.8) is 0 Å². The maximum absolute atomic E-state index is 11.3. The van der Waals surface area contributed by atoms with Gasteiger partial charge >= 0.3 is 0 Å². The Kier molecular flexibility index (Phi) is 3.19. The Labute approximate surface area is 100 Å². The highest BCUT2D eigenvalue weighted by Crippen LogP contribution is 2.08. The monoisotopic (exact) mass is 248 g/mol. The van der Waals surface area contributed by atoms with E-state index in [1.165, 1.54) is 12.3 Å². The molecule has 2 aromatic rings. The van der Waals surface area contributed by atoms with Crippen LogP contribution in [0.15, 0.2) is 47.6 Å². The van der Waals surface area contributed by atoms with Gasteiger partial charge in [-0.3, -0.25) is 0 Å². The molecule has 1 aromatic carbocycles. The van der Waals surface area contributed by atoms with Crippen molar-refractivity contribution in [3.05, 3.63) is 54.0 Å². The third kappa shape index (κ3) is 3.10. The van der Waals surface area contributed by atoms with Crippen molar-refractivity contribution >= 4 is 9.84 Å². The van der Waals surface area contributed by atoms with Crippen molar-refractivity contribution in [1.29, 1.82) is 0 Å². The van der Waals surface area contributed by atoms with Crippen LogP contribution in [0.3, 0.4) is 0 Å². The Morgan fingerprint density at radius 3 is 2.47 bits per heavy atom. The Morgan fingerprint density at radius 1 is 1.12 bits per heavy atom. The topological polar surface area (TPSA) is 59.9 Å². The van der Waals surface area contributed by atoms with Crippen molar-refractivity contribution < 1.29 is 8.42 Å². The fraction of sp³-hybridized carbons (Fsp3) is 0.167. The van der Waals surface area contributed by atoms with Crippen LogP contribution in [0, 0.1) is 0 Å². The Bertz CT molecular complexity index is 609. The first kappa shape index (κ1) is 11.7. The molecule has 0 aliphatic rings. The normalized spacial score (nSPS) is 11.4. The zero-order valence-corrected chi connectivity index (χ0v) is 10.2. The van der Waals surface area contributed by atoms with Gasteiger partial charge in [0.15, 0.2) is 14.9 Å². The predicted molar refractivity (Wildman–Crippen MR) is 64.4 cm³/mol. The van der Waals surface area contributed by atoms with Gasteiger partial charge in [-0.25, -0.2) is 18.4 Å². The molecule has 0 radical (unpaired) electrons. The lowest BCUT2D eigenvalue weighted by Gasteiger charge is -2.02. The van der Waals surface area contributed by atoms with E-state index >= 15 is 0 Å². The fourth-order valence-corrected chi connectivity index (χ4v) is 2.03. The second-order valence-corrected chi connectivity index (χ2v) is 5.71. The molecule has 0 bridgehead atoms. The Hall–Kier alpha value is -1.75. The molecule has 88 valence electrons. The highest BCUT2D eigenvalue weighted by Gasteiger charge is 2.10. The number of benzene rings is 1. The lowest BCUT2D eigenvalue weighted by Crippen LogP contribution is -2.05. The molecule has 0 saturated heterocycles. The number of aromatic nitrogens is 2. The van der Waals surface area contributed by atoms with Crippen molar-refractivity contribution in [3.8, 4) is 0 Å². The van der Waals surface area contributed by atoms with Crippen molar-refractivity contribution in [2.24, 2.45) is 0 Å². The van der Waals surface area contributed by atoms with Crippen LogP contribution in [0.25, 0.3) is 0 Å². The van der Waals surface area contributed by atoms with E-state index in [-0.39, 0.29) is 5.03 Å². The van der Waals surface area contributed by atoms with Crippen molar-refractivity contribution in [2.75, 3.05) is 6.26 Å². The van der Waals surface area contributed by atoms with Crippen molar-refractivity contribution in [1.82, 2.24) is 9.97 Å². The summed E-state index contributed by atoms with van der Waals surface area (Å²) in [5.41, 5.74) is 1.05. The largest absolute Gasteiger partial charge is 0.241 e. The van der Waals surface area contributed by atoms with Crippen LogP contribution in [0.5, 0.6) is 0 Å². The van der Waals surface area contributed by atoms with E-state index in [0.717, 1.165) is 11.8 Å². The van der Waals surface area contributed by atoms with Gasteiger partial charge in [0.2, 0.25) is 0 Å². The molecule has 0 atom stereocenters. The zero-order chi connectivity index (χ0) is 12.3. The van der Waals surface area contributed by atoms with Gasteiger partial charge in [-0.05, 0) is 11.6 Å². The molecule has 0 N–H and O–H groups in total. The van der Waals surface area contributed by atoms with Crippen molar-refractivity contribution in [2.45, 2.75) is 11.4 Å². The molecule has 0 aliphatic carbocycles. The van der Waals surface area contributed by atoms with E-state index in [4.69, 9.17) is 0 Å². The van der Waals surface area contributed by atoms with E-state index in [1.54, 1.807) is 0 Å². The smallest absolute Gasteiger partial charge is 0.192 e. The van der Waals surface area contributed by atoms with Gasteiger partial charge in [-0.15, -0.1) is 0 Å². The first-order valence-electron chi connectivity index (χ1n) is 5.11. The molecule has 0 amide bonds. The minimum Gasteiger partial charge on any atom is -0.241 e. The highest BCUT2D eigenvalue weighted by molar-refractivity contribution is 7.90. The second-order valence-electron chi connectivity index (χ2n) is 3.75. The summed E-state index contributed by atoms with van der Waals surface area (Å²) in [6.45, 7) is 0. The predicted octanol–water partition coefficient (Wildman–Crippen LogP) is 1.47. The average molecular weight is 248 g/mol. The van der Waals surface area contributed by atoms with E-state index in [0.29, 0.717) is 12.2 Å². The molecular weight excluding hydrogens is 236 g/mol. The zero-order valence-electron chi connectivity index (χ0n) is 9.37. The lowest BCUT2D eigenvalue weighted by molar-refractivity contribution is 0.597. The van der Waals surface area contributed by atoms with Crippen LogP contribution in [0.4, 0.5) is 0 Å². The summed E-state index contributed by atoms with van der Waals surface area (Å²) in [6, 6.07) is 11.1. The molecule has 0 aliphatic heterocycles. The number of nitrogens with zero attached hydrogens (tertiary/aromatic N) is 2. The molecule has 2 rings (SSSR count). The molecule has 0 saturated carbocycles. The molecular formula is C12H12N2O2S. The Morgan fingerprint density at radius 2 is 1.82 bits per heavy atom. The first-order chi connectivity index (χ1) is 8.05. The highest BCUT2D eigenvalue weighted by atomic mass is 32.2. The van der Waals surface area contributed by atoms with Crippen LogP contribution < -0.4 is 0 Å². The number of hydrogen-bond acceptors (Lipinski definition) is 4. The third-order valence-electron chi connectivity index (χ3n) is 2.26. The number of sulfone groups is 1. The van der Waals surface area contributed by atoms with Gasteiger partial charge in [0.25, 0.3) is 0 Å². The molecule has 0 unspecified atom stereocenters. The third-order valence-corrected chi connectivity index (χ3v) is 3.25. The van der Waals surface area contributed by atoms with Gasteiger partial charge in [-0.2, -0.15) is 0 Å². The van der Waals surface area contributed by atoms with Gasteiger partial charge in [-0.1, -0.05) is 30.3 Å². The summed E-state index contributed by atoms with van der Waals surface area (Å²) in [4.78, 5) is 8.11. The standard InChI is InChI=1S/C12H12N2O2S/c1-17(15,16)12-7-8-13-11(14-12)9-10-5-3-2-4-6-10/h2-8H,9H2,1H3. The molecule has 17 heavy (non-hydrogen) atoms. The van der Waals surface area contributed by atoms with Crippen LogP contribution in [0.2, 0.25) is 0 Å². The minimum atomic E-state index is -3.27. The summed E-state index contributed by atoms with van der Waals surface area (Å²) >= 11 is 0. The minimum absolute atomic E-state index is 0.0680. The molecule has 4 nitrogen and oxygen atoms in total.